The van der Waals surface area contributed by atoms with E-state index in [1.165, 1.54) is 6.07 Å². The van der Waals surface area contributed by atoms with E-state index >= 15 is 0 Å². The van der Waals surface area contributed by atoms with Crippen LogP contribution >= 0.6 is 11.8 Å². The average Bonchev–Trinajstić information content (AvgIpc) is 3.24. The Morgan fingerprint density at radius 3 is 2.60 bits per heavy atom. The summed E-state index contributed by atoms with van der Waals surface area (Å²) in [6.45, 7) is 8.04. The smallest absolute Gasteiger partial charge is 0.251 e. The molecule has 4 rings (SSSR count). The maximum absolute atomic E-state index is 14.3. The first-order valence-electron chi connectivity index (χ1n) is 11.8. The van der Waals surface area contributed by atoms with Gasteiger partial charge in [-0.1, -0.05) is 55.9 Å². The zero-order chi connectivity index (χ0) is 24.6. The number of imidazole rings is 1. The molecule has 1 N–H and O–H groups in total. The molecule has 182 valence electrons. The number of halogens is 1. The van der Waals surface area contributed by atoms with Crippen LogP contribution in [0.2, 0.25) is 0 Å². The molecule has 0 aliphatic heterocycles. The fourth-order valence-corrected chi connectivity index (χ4v) is 4.85. The molecule has 0 spiro atoms. The monoisotopic (exact) mass is 491 g/mol. The molecule has 0 fully saturated rings. The van der Waals surface area contributed by atoms with Crippen molar-refractivity contribution in [2.75, 3.05) is 26.2 Å². The van der Waals surface area contributed by atoms with Crippen LogP contribution in [0.3, 0.4) is 0 Å². The minimum atomic E-state index is -0.236. The first kappa shape index (κ1) is 24.9. The van der Waals surface area contributed by atoms with Gasteiger partial charge in [0.15, 0.2) is 5.16 Å². The maximum Gasteiger partial charge on any atom is 0.251 e. The fourth-order valence-electron chi connectivity index (χ4n) is 3.88. The zero-order valence-corrected chi connectivity index (χ0v) is 20.9. The van der Waals surface area contributed by atoms with Crippen molar-refractivity contribution in [1.82, 2.24) is 24.8 Å². The zero-order valence-electron chi connectivity index (χ0n) is 20.1. The van der Waals surface area contributed by atoms with Gasteiger partial charge in [-0.25, -0.2) is 9.37 Å². The molecule has 0 unspecified atom stereocenters. The van der Waals surface area contributed by atoms with Crippen molar-refractivity contribution in [3.8, 4) is 0 Å². The second-order valence-corrected chi connectivity index (χ2v) is 9.15. The van der Waals surface area contributed by atoms with Gasteiger partial charge in [-0.3, -0.25) is 9.78 Å². The molecule has 1 amide bonds. The van der Waals surface area contributed by atoms with E-state index in [4.69, 9.17) is 4.98 Å². The van der Waals surface area contributed by atoms with Crippen LogP contribution in [0, 0.1) is 5.82 Å². The van der Waals surface area contributed by atoms with E-state index in [9.17, 15) is 9.18 Å². The van der Waals surface area contributed by atoms with E-state index in [1.54, 1.807) is 36.3 Å². The minimum absolute atomic E-state index is 0.0597. The molecule has 35 heavy (non-hydrogen) atoms. The number of carbonyl (C=O) groups excluding carboxylic acids is 1. The van der Waals surface area contributed by atoms with Gasteiger partial charge in [0.05, 0.1) is 23.8 Å². The Bertz CT molecular complexity index is 1270. The number of hydrogen-bond donors (Lipinski definition) is 1. The number of thioether (sulfide) groups is 1. The van der Waals surface area contributed by atoms with E-state index in [1.807, 2.05) is 41.0 Å². The number of pyridine rings is 1. The highest BCUT2D eigenvalue weighted by Crippen LogP contribution is 2.28. The normalized spacial score (nSPS) is 11.3. The van der Waals surface area contributed by atoms with Gasteiger partial charge < -0.3 is 14.8 Å². The van der Waals surface area contributed by atoms with Crippen molar-refractivity contribution >= 4 is 28.7 Å². The molecule has 0 aliphatic carbocycles. The second-order valence-electron chi connectivity index (χ2n) is 8.20. The van der Waals surface area contributed by atoms with Crippen molar-refractivity contribution in [2.45, 2.75) is 31.3 Å². The standard InChI is InChI=1S/C27H30FN5OS/c1-3-32(4-2)16-15-30-26(34)21-11-9-20(10-12-21)19-35-27-31-24-13-14-29-17-25(24)33(27)18-22-7-5-6-8-23(22)28/h5-14,17H,3-4,15-16,18-19H2,1-2H3,(H,30,34). The van der Waals surface area contributed by atoms with Crippen molar-refractivity contribution in [1.29, 1.82) is 0 Å². The summed E-state index contributed by atoms with van der Waals surface area (Å²) in [5, 5.41) is 3.79. The molecule has 2 heterocycles. The number of aromatic nitrogens is 3. The molecule has 0 bridgehead atoms. The van der Waals surface area contributed by atoms with Crippen molar-refractivity contribution in [2.24, 2.45) is 0 Å². The summed E-state index contributed by atoms with van der Waals surface area (Å²) in [7, 11) is 0. The lowest BCUT2D eigenvalue weighted by Gasteiger charge is -2.17. The number of benzene rings is 2. The lowest BCUT2D eigenvalue weighted by atomic mass is 10.1. The summed E-state index contributed by atoms with van der Waals surface area (Å²) < 4.78 is 16.3. The van der Waals surface area contributed by atoms with Crippen molar-refractivity contribution < 1.29 is 9.18 Å². The Hall–Kier alpha value is -3.23. The van der Waals surface area contributed by atoms with E-state index < -0.39 is 0 Å². The fraction of sp³-hybridized carbons (Fsp3) is 0.296. The summed E-state index contributed by atoms with van der Waals surface area (Å²) in [6, 6.07) is 16.3. The molecule has 0 aliphatic rings. The van der Waals surface area contributed by atoms with Gasteiger partial charge in [0.1, 0.15) is 5.82 Å². The number of nitrogens with one attached hydrogen (secondary N) is 1. The van der Waals surface area contributed by atoms with Gasteiger partial charge in [0, 0.05) is 36.2 Å². The van der Waals surface area contributed by atoms with E-state index in [2.05, 4.69) is 29.0 Å². The average molecular weight is 492 g/mol. The summed E-state index contributed by atoms with van der Waals surface area (Å²) in [6.07, 6.45) is 3.48. The number of amides is 1. The molecule has 0 radical (unpaired) electrons. The van der Waals surface area contributed by atoms with Crippen LogP contribution in [0.25, 0.3) is 11.0 Å². The highest BCUT2D eigenvalue weighted by molar-refractivity contribution is 7.98. The van der Waals surface area contributed by atoms with Gasteiger partial charge in [-0.2, -0.15) is 0 Å². The maximum atomic E-state index is 14.3. The molecule has 2 aromatic heterocycles. The summed E-state index contributed by atoms with van der Waals surface area (Å²) in [4.78, 5) is 23.7. The number of carbonyl (C=O) groups is 1. The molecule has 0 saturated carbocycles. The van der Waals surface area contributed by atoms with Gasteiger partial charge in [0.25, 0.3) is 5.91 Å². The van der Waals surface area contributed by atoms with Crippen LogP contribution in [-0.4, -0.2) is 51.5 Å². The van der Waals surface area contributed by atoms with Gasteiger partial charge in [0.2, 0.25) is 0 Å². The molecule has 8 heteroatoms. The largest absolute Gasteiger partial charge is 0.351 e. The Morgan fingerprint density at radius 1 is 1.09 bits per heavy atom. The molecular weight excluding hydrogens is 461 g/mol. The Morgan fingerprint density at radius 2 is 1.86 bits per heavy atom. The lowest BCUT2D eigenvalue weighted by molar-refractivity contribution is 0.0949. The second kappa shape index (κ2) is 12.0. The quantitative estimate of drug-likeness (QED) is 0.300. The van der Waals surface area contributed by atoms with Crippen molar-refractivity contribution in [3.05, 3.63) is 89.5 Å². The lowest BCUT2D eigenvalue weighted by Crippen LogP contribution is -2.34. The summed E-state index contributed by atoms with van der Waals surface area (Å²) >= 11 is 1.58. The van der Waals surface area contributed by atoms with Crippen LogP contribution in [0.5, 0.6) is 0 Å². The van der Waals surface area contributed by atoms with Crippen LogP contribution in [0.4, 0.5) is 4.39 Å². The van der Waals surface area contributed by atoms with Gasteiger partial charge in [-0.05, 0) is 42.9 Å². The predicted molar refractivity (Wildman–Crippen MR) is 139 cm³/mol. The number of hydrogen-bond acceptors (Lipinski definition) is 5. The summed E-state index contributed by atoms with van der Waals surface area (Å²) in [5.74, 6) is 0.383. The topological polar surface area (TPSA) is 63.1 Å². The Balaban J connectivity index is 1.42. The first-order chi connectivity index (χ1) is 17.1. The van der Waals surface area contributed by atoms with Crippen molar-refractivity contribution in [3.63, 3.8) is 0 Å². The predicted octanol–water partition coefficient (Wildman–Crippen LogP) is 4.98. The van der Waals surface area contributed by atoms with Gasteiger partial charge >= 0.3 is 0 Å². The molecule has 0 atom stereocenters. The van der Waals surface area contributed by atoms with Crippen LogP contribution in [0.15, 0.2) is 72.1 Å². The van der Waals surface area contributed by atoms with E-state index in [0.29, 0.717) is 30.0 Å². The molecule has 2 aromatic carbocycles. The van der Waals surface area contributed by atoms with E-state index in [-0.39, 0.29) is 11.7 Å². The van der Waals surface area contributed by atoms with Gasteiger partial charge in [-0.15, -0.1) is 0 Å². The van der Waals surface area contributed by atoms with Crippen LogP contribution < -0.4 is 5.32 Å². The van der Waals surface area contributed by atoms with E-state index in [0.717, 1.165) is 41.4 Å². The highest BCUT2D eigenvalue weighted by Gasteiger charge is 2.14. The van der Waals surface area contributed by atoms with Crippen LogP contribution in [-0.2, 0) is 12.3 Å². The number of fused-ring (bicyclic) bond motifs is 1. The number of likely N-dealkylation sites (N-methyl/N-ethyl adjacent to an activating group) is 1. The Labute approximate surface area is 209 Å². The third-order valence-corrected chi connectivity index (χ3v) is 7.04. The SMILES string of the molecule is CCN(CC)CCNC(=O)c1ccc(CSc2nc3ccncc3n2Cc2ccccc2F)cc1. The third kappa shape index (κ3) is 6.26. The minimum Gasteiger partial charge on any atom is -0.351 e. The molecular formula is C27H30FN5OS. The number of nitrogens with zero attached hydrogens (tertiary/aromatic N) is 4. The molecule has 0 saturated heterocycles. The first-order valence-corrected chi connectivity index (χ1v) is 12.8. The molecule has 4 aromatic rings. The third-order valence-electron chi connectivity index (χ3n) is 5.99. The Kier molecular flexibility index (Phi) is 8.50. The van der Waals surface area contributed by atoms with Crippen LogP contribution in [0.1, 0.15) is 35.3 Å². The summed E-state index contributed by atoms with van der Waals surface area (Å²) in [5.41, 5.74) is 4.04. The number of rotatable bonds is 11. The molecule has 6 nitrogen and oxygen atoms in total. The highest BCUT2D eigenvalue weighted by atomic mass is 32.2.